The molecule has 0 atom stereocenters. The Morgan fingerprint density at radius 3 is 2.91 bits per heavy atom. The van der Waals surface area contributed by atoms with Crippen molar-refractivity contribution in [2.45, 2.75) is 13.0 Å². The zero-order valence-corrected chi connectivity index (χ0v) is 11.9. The number of hydrogen-bond acceptors (Lipinski definition) is 4. The van der Waals surface area contributed by atoms with Crippen molar-refractivity contribution < 1.29 is 9.72 Å². The SMILES string of the molecule is O=C(/C=C/c1ccccc1[N+](=O)[O-])NCCCn1cccn1. The molecule has 1 N–H and O–H groups in total. The Morgan fingerprint density at radius 2 is 2.18 bits per heavy atom. The maximum Gasteiger partial charge on any atom is 0.276 e. The molecule has 1 aromatic heterocycles. The van der Waals surface area contributed by atoms with E-state index in [1.165, 1.54) is 18.2 Å². The second kappa shape index (κ2) is 7.72. The normalized spacial score (nSPS) is 10.7. The fourth-order valence-corrected chi connectivity index (χ4v) is 1.90. The van der Waals surface area contributed by atoms with Gasteiger partial charge in [0.05, 0.1) is 10.5 Å². The minimum atomic E-state index is -0.471. The highest BCUT2D eigenvalue weighted by Crippen LogP contribution is 2.18. The van der Waals surface area contributed by atoms with Crippen LogP contribution >= 0.6 is 0 Å². The molecule has 7 heteroatoms. The molecule has 1 heterocycles. The number of carbonyl (C=O) groups excluding carboxylic acids is 1. The summed E-state index contributed by atoms with van der Waals surface area (Å²) in [6, 6.07) is 8.12. The first-order valence-electron chi connectivity index (χ1n) is 6.83. The van der Waals surface area contributed by atoms with Gasteiger partial charge in [-0.1, -0.05) is 12.1 Å². The number of carbonyl (C=O) groups is 1. The molecule has 0 radical (unpaired) electrons. The molecule has 1 aromatic carbocycles. The van der Waals surface area contributed by atoms with Crippen molar-refractivity contribution in [1.82, 2.24) is 15.1 Å². The zero-order chi connectivity index (χ0) is 15.8. The summed E-state index contributed by atoms with van der Waals surface area (Å²) in [4.78, 5) is 22.1. The summed E-state index contributed by atoms with van der Waals surface area (Å²) in [6.07, 6.45) is 7.06. The van der Waals surface area contributed by atoms with Crippen LogP contribution in [0.4, 0.5) is 5.69 Å². The summed E-state index contributed by atoms with van der Waals surface area (Å²) in [7, 11) is 0. The number of rotatable bonds is 7. The van der Waals surface area contributed by atoms with Gasteiger partial charge < -0.3 is 5.32 Å². The highest BCUT2D eigenvalue weighted by molar-refractivity contribution is 5.92. The quantitative estimate of drug-likeness (QED) is 0.366. The van der Waals surface area contributed by atoms with Crippen molar-refractivity contribution in [2.24, 2.45) is 0 Å². The second-order valence-electron chi connectivity index (χ2n) is 4.56. The summed E-state index contributed by atoms with van der Waals surface area (Å²) in [6.45, 7) is 1.24. The van der Waals surface area contributed by atoms with Crippen LogP contribution in [0.2, 0.25) is 0 Å². The highest BCUT2D eigenvalue weighted by Gasteiger charge is 2.09. The lowest BCUT2D eigenvalue weighted by molar-refractivity contribution is -0.385. The Bertz CT molecular complexity index is 665. The average molecular weight is 300 g/mol. The largest absolute Gasteiger partial charge is 0.352 e. The van der Waals surface area contributed by atoms with Gasteiger partial charge in [-0.3, -0.25) is 19.6 Å². The average Bonchev–Trinajstić information content (AvgIpc) is 3.03. The fraction of sp³-hybridized carbons (Fsp3) is 0.200. The molecule has 0 unspecified atom stereocenters. The predicted molar refractivity (Wildman–Crippen MR) is 82.0 cm³/mol. The summed E-state index contributed by atoms with van der Waals surface area (Å²) in [5.41, 5.74) is 0.379. The monoisotopic (exact) mass is 300 g/mol. The van der Waals surface area contributed by atoms with Crippen molar-refractivity contribution in [3.63, 3.8) is 0 Å². The van der Waals surface area contributed by atoms with E-state index in [1.54, 1.807) is 29.1 Å². The van der Waals surface area contributed by atoms with Gasteiger partial charge in [0.1, 0.15) is 0 Å². The van der Waals surface area contributed by atoms with Gasteiger partial charge in [0, 0.05) is 37.6 Å². The third-order valence-electron chi connectivity index (χ3n) is 2.97. The van der Waals surface area contributed by atoms with E-state index in [-0.39, 0.29) is 11.6 Å². The number of aromatic nitrogens is 2. The summed E-state index contributed by atoms with van der Waals surface area (Å²) < 4.78 is 1.79. The fourth-order valence-electron chi connectivity index (χ4n) is 1.90. The third-order valence-corrected chi connectivity index (χ3v) is 2.97. The van der Waals surface area contributed by atoms with Gasteiger partial charge in [-0.25, -0.2) is 0 Å². The van der Waals surface area contributed by atoms with Crippen LogP contribution in [-0.2, 0) is 11.3 Å². The van der Waals surface area contributed by atoms with E-state index in [1.807, 2.05) is 12.3 Å². The first-order valence-corrected chi connectivity index (χ1v) is 6.83. The maximum absolute atomic E-state index is 11.7. The minimum Gasteiger partial charge on any atom is -0.352 e. The maximum atomic E-state index is 11.7. The van der Waals surface area contributed by atoms with Crippen molar-refractivity contribution in [1.29, 1.82) is 0 Å². The number of amides is 1. The van der Waals surface area contributed by atoms with Gasteiger partial charge >= 0.3 is 0 Å². The zero-order valence-electron chi connectivity index (χ0n) is 11.9. The van der Waals surface area contributed by atoms with E-state index in [4.69, 9.17) is 0 Å². The molecule has 2 aromatic rings. The molecule has 0 aliphatic heterocycles. The van der Waals surface area contributed by atoms with Crippen molar-refractivity contribution in [3.05, 3.63) is 64.5 Å². The molecule has 0 spiro atoms. The highest BCUT2D eigenvalue weighted by atomic mass is 16.6. The van der Waals surface area contributed by atoms with Crippen LogP contribution in [0.1, 0.15) is 12.0 Å². The topological polar surface area (TPSA) is 90.1 Å². The van der Waals surface area contributed by atoms with E-state index in [2.05, 4.69) is 10.4 Å². The van der Waals surface area contributed by atoms with Gasteiger partial charge in [0.2, 0.25) is 5.91 Å². The first kappa shape index (κ1) is 15.4. The number of benzene rings is 1. The van der Waals surface area contributed by atoms with Crippen LogP contribution in [0, 0.1) is 10.1 Å². The molecule has 114 valence electrons. The molecule has 0 aliphatic rings. The van der Waals surface area contributed by atoms with E-state index in [0.717, 1.165) is 13.0 Å². The smallest absolute Gasteiger partial charge is 0.276 e. The number of nitrogens with zero attached hydrogens (tertiary/aromatic N) is 3. The van der Waals surface area contributed by atoms with Crippen LogP contribution in [0.25, 0.3) is 6.08 Å². The van der Waals surface area contributed by atoms with Crippen LogP contribution in [-0.4, -0.2) is 27.2 Å². The van der Waals surface area contributed by atoms with Gasteiger partial charge in [0.15, 0.2) is 0 Å². The number of aryl methyl sites for hydroxylation is 1. The molecule has 0 bridgehead atoms. The van der Waals surface area contributed by atoms with Crippen LogP contribution < -0.4 is 5.32 Å². The summed E-state index contributed by atoms with van der Waals surface area (Å²) in [5.74, 6) is -0.279. The standard InChI is InChI=1S/C15H16N4O3/c20-15(16-9-3-11-18-12-4-10-17-18)8-7-13-5-1-2-6-14(13)19(21)22/h1-2,4-8,10,12H,3,9,11H2,(H,16,20)/b8-7+. The predicted octanol–water partition coefficient (Wildman–Crippen LogP) is 2.01. The molecule has 1 amide bonds. The minimum absolute atomic E-state index is 0.0229. The molecule has 2 rings (SSSR count). The number of nitrogens with one attached hydrogen (secondary N) is 1. The van der Waals surface area contributed by atoms with Gasteiger partial charge in [0.25, 0.3) is 5.69 Å². The molecule has 0 fully saturated rings. The van der Waals surface area contributed by atoms with Crippen LogP contribution in [0.3, 0.4) is 0 Å². The molecule has 7 nitrogen and oxygen atoms in total. The van der Waals surface area contributed by atoms with E-state index < -0.39 is 4.92 Å². The van der Waals surface area contributed by atoms with Crippen LogP contribution in [0.15, 0.2) is 48.8 Å². The molecular formula is C15H16N4O3. The summed E-state index contributed by atoms with van der Waals surface area (Å²) in [5, 5.41) is 17.6. The molecular weight excluding hydrogens is 284 g/mol. The third kappa shape index (κ3) is 4.55. The van der Waals surface area contributed by atoms with Crippen LogP contribution in [0.5, 0.6) is 0 Å². The van der Waals surface area contributed by atoms with E-state index in [9.17, 15) is 14.9 Å². The first-order chi connectivity index (χ1) is 10.7. The summed E-state index contributed by atoms with van der Waals surface area (Å²) >= 11 is 0. The Labute approximate surface area is 127 Å². The number of hydrogen-bond donors (Lipinski definition) is 1. The van der Waals surface area contributed by atoms with Crippen molar-refractivity contribution >= 4 is 17.7 Å². The molecule has 0 aliphatic carbocycles. The number of nitro benzene ring substituents is 1. The van der Waals surface area contributed by atoms with Gasteiger partial charge in [-0.2, -0.15) is 5.10 Å². The molecule has 22 heavy (non-hydrogen) atoms. The number of para-hydroxylation sites is 1. The number of nitro groups is 1. The lowest BCUT2D eigenvalue weighted by Gasteiger charge is -2.03. The van der Waals surface area contributed by atoms with Gasteiger partial charge in [-0.15, -0.1) is 0 Å². The van der Waals surface area contributed by atoms with Crippen molar-refractivity contribution in [3.8, 4) is 0 Å². The lowest BCUT2D eigenvalue weighted by Crippen LogP contribution is -2.23. The molecule has 0 saturated heterocycles. The van der Waals surface area contributed by atoms with Gasteiger partial charge in [-0.05, 0) is 24.6 Å². The Morgan fingerprint density at radius 1 is 1.36 bits per heavy atom. The molecule has 0 saturated carbocycles. The second-order valence-corrected chi connectivity index (χ2v) is 4.56. The van der Waals surface area contributed by atoms with E-state index in [0.29, 0.717) is 12.1 Å². The van der Waals surface area contributed by atoms with E-state index >= 15 is 0 Å². The Hall–Kier alpha value is -2.96. The Balaban J connectivity index is 1.80. The Kier molecular flexibility index (Phi) is 5.42. The van der Waals surface area contributed by atoms with Crippen molar-refractivity contribution in [2.75, 3.05) is 6.54 Å². The lowest BCUT2D eigenvalue weighted by atomic mass is 10.1.